The molecule has 1 fully saturated rings. The van der Waals surface area contributed by atoms with Gasteiger partial charge in [0.1, 0.15) is 17.6 Å². The molecule has 0 aliphatic heterocycles. The molecule has 1 unspecified atom stereocenters. The predicted molar refractivity (Wildman–Crippen MR) is 135 cm³/mol. The highest BCUT2D eigenvalue weighted by atomic mass is 79.9. The van der Waals surface area contributed by atoms with E-state index in [-0.39, 0.29) is 36.8 Å². The number of ether oxygens (including phenoxy) is 1. The van der Waals surface area contributed by atoms with Gasteiger partial charge in [-0.1, -0.05) is 51.8 Å². The van der Waals surface area contributed by atoms with Crippen LogP contribution < -0.4 is 10.1 Å². The van der Waals surface area contributed by atoms with Crippen molar-refractivity contribution in [3.05, 3.63) is 63.9 Å². The molecule has 2 aromatic carbocycles. The molecule has 0 heterocycles. The second-order valence-corrected chi connectivity index (χ2v) is 10.0. The third-order valence-electron chi connectivity index (χ3n) is 6.33. The average Bonchev–Trinajstić information content (AvgIpc) is 3.32. The number of halogens is 2. The van der Waals surface area contributed by atoms with Crippen LogP contribution in [0, 0.1) is 5.82 Å². The molecule has 1 N–H and O–H groups in total. The normalized spacial score (nSPS) is 14.8. The number of hydrogen-bond donors (Lipinski definition) is 1. The Hall–Kier alpha value is -2.41. The van der Waals surface area contributed by atoms with Crippen LogP contribution in [0.2, 0.25) is 0 Å². The Morgan fingerprint density at radius 1 is 1.15 bits per heavy atom. The van der Waals surface area contributed by atoms with Gasteiger partial charge in [-0.15, -0.1) is 0 Å². The lowest BCUT2D eigenvalue weighted by molar-refractivity contribution is -0.143. The van der Waals surface area contributed by atoms with Crippen LogP contribution in [-0.2, 0) is 16.1 Å². The Kier molecular flexibility index (Phi) is 9.51. The number of carbonyl (C=O) groups excluding carboxylic acids is 2. The topological polar surface area (TPSA) is 58.6 Å². The molecule has 184 valence electrons. The SMILES string of the molecule is CCC(C(=O)NC1CCCC1)N(Cc1ccc(F)cc1)C(=O)COc1ccc(C(C)C)cc1Br. The summed E-state index contributed by atoms with van der Waals surface area (Å²) in [4.78, 5) is 28.0. The van der Waals surface area contributed by atoms with E-state index in [4.69, 9.17) is 4.74 Å². The minimum absolute atomic E-state index is 0.146. The van der Waals surface area contributed by atoms with Gasteiger partial charge in [0, 0.05) is 12.6 Å². The van der Waals surface area contributed by atoms with E-state index < -0.39 is 6.04 Å². The van der Waals surface area contributed by atoms with Gasteiger partial charge >= 0.3 is 0 Å². The summed E-state index contributed by atoms with van der Waals surface area (Å²) in [5.41, 5.74) is 1.92. The first-order chi connectivity index (χ1) is 16.3. The third kappa shape index (κ3) is 7.05. The Bertz CT molecular complexity index is 974. The first-order valence-corrected chi connectivity index (χ1v) is 12.8. The molecule has 3 rings (SSSR count). The van der Waals surface area contributed by atoms with E-state index in [9.17, 15) is 14.0 Å². The van der Waals surface area contributed by atoms with E-state index in [1.54, 1.807) is 17.0 Å². The van der Waals surface area contributed by atoms with Crippen LogP contribution in [0.15, 0.2) is 46.9 Å². The number of amides is 2. The summed E-state index contributed by atoms with van der Waals surface area (Å²) < 4.78 is 20.0. The second kappa shape index (κ2) is 12.3. The van der Waals surface area contributed by atoms with Crippen molar-refractivity contribution in [1.29, 1.82) is 0 Å². The van der Waals surface area contributed by atoms with Gasteiger partial charge in [0.05, 0.1) is 4.47 Å². The molecule has 0 aromatic heterocycles. The summed E-state index contributed by atoms with van der Waals surface area (Å²) in [5.74, 6) is 0.167. The number of rotatable bonds is 10. The molecule has 1 aliphatic carbocycles. The maximum absolute atomic E-state index is 13.4. The van der Waals surface area contributed by atoms with Crippen molar-refractivity contribution in [3.63, 3.8) is 0 Å². The molecule has 0 bridgehead atoms. The van der Waals surface area contributed by atoms with Crippen LogP contribution in [0.5, 0.6) is 5.75 Å². The molecule has 2 amide bonds. The fourth-order valence-corrected chi connectivity index (χ4v) is 4.80. The molecule has 1 saturated carbocycles. The highest BCUT2D eigenvalue weighted by Crippen LogP contribution is 2.29. The molecule has 5 nitrogen and oxygen atoms in total. The minimum atomic E-state index is -0.631. The number of carbonyl (C=O) groups is 2. The molecule has 34 heavy (non-hydrogen) atoms. The summed E-state index contributed by atoms with van der Waals surface area (Å²) in [6.45, 7) is 6.12. The molecule has 2 aromatic rings. The molecule has 1 aliphatic rings. The fraction of sp³-hybridized carbons (Fsp3) is 0.481. The van der Waals surface area contributed by atoms with Crippen LogP contribution in [-0.4, -0.2) is 35.4 Å². The third-order valence-corrected chi connectivity index (χ3v) is 6.95. The van der Waals surface area contributed by atoms with E-state index in [1.165, 1.54) is 12.1 Å². The van der Waals surface area contributed by atoms with Crippen molar-refractivity contribution in [2.75, 3.05) is 6.61 Å². The van der Waals surface area contributed by atoms with Crippen molar-refractivity contribution >= 4 is 27.7 Å². The van der Waals surface area contributed by atoms with Gasteiger partial charge < -0.3 is 15.0 Å². The van der Waals surface area contributed by atoms with Crippen molar-refractivity contribution in [3.8, 4) is 5.75 Å². The van der Waals surface area contributed by atoms with Gasteiger partial charge in [-0.25, -0.2) is 4.39 Å². The summed E-state index contributed by atoms with van der Waals surface area (Å²) in [5, 5.41) is 3.12. The Balaban J connectivity index is 1.76. The predicted octanol–water partition coefficient (Wildman–Crippen LogP) is 5.96. The van der Waals surface area contributed by atoms with Gasteiger partial charge in [0.15, 0.2) is 6.61 Å². The van der Waals surface area contributed by atoms with Gasteiger partial charge in [-0.05, 0) is 76.5 Å². The van der Waals surface area contributed by atoms with Crippen molar-refractivity contribution < 1.29 is 18.7 Å². The van der Waals surface area contributed by atoms with Crippen molar-refractivity contribution in [2.24, 2.45) is 0 Å². The molecule has 0 radical (unpaired) electrons. The van der Waals surface area contributed by atoms with Crippen LogP contribution in [0.1, 0.15) is 69.9 Å². The van der Waals surface area contributed by atoms with Crippen LogP contribution in [0.25, 0.3) is 0 Å². The summed E-state index contributed by atoms with van der Waals surface area (Å²) in [6, 6.07) is 11.4. The molecule has 7 heteroatoms. The van der Waals surface area contributed by atoms with Gasteiger partial charge in [-0.3, -0.25) is 9.59 Å². The van der Waals surface area contributed by atoms with E-state index in [0.29, 0.717) is 18.1 Å². The average molecular weight is 533 g/mol. The molecule has 0 saturated heterocycles. The Labute approximate surface area is 210 Å². The quantitative estimate of drug-likeness (QED) is 0.410. The molecule has 1 atom stereocenters. The summed E-state index contributed by atoms with van der Waals surface area (Å²) in [7, 11) is 0. The lowest BCUT2D eigenvalue weighted by atomic mass is 10.0. The van der Waals surface area contributed by atoms with Crippen LogP contribution >= 0.6 is 15.9 Å². The maximum Gasteiger partial charge on any atom is 0.261 e. The van der Waals surface area contributed by atoms with Gasteiger partial charge in [0.25, 0.3) is 5.91 Å². The van der Waals surface area contributed by atoms with E-state index in [0.717, 1.165) is 41.3 Å². The number of benzene rings is 2. The monoisotopic (exact) mass is 532 g/mol. The molecular formula is C27H34BrFN2O3. The van der Waals surface area contributed by atoms with Crippen LogP contribution in [0.4, 0.5) is 4.39 Å². The number of nitrogens with one attached hydrogen (secondary N) is 1. The first kappa shape index (κ1) is 26.2. The van der Waals surface area contributed by atoms with Gasteiger partial charge in [-0.2, -0.15) is 0 Å². The zero-order valence-corrected chi connectivity index (χ0v) is 21.7. The fourth-order valence-electron chi connectivity index (χ4n) is 4.29. The summed E-state index contributed by atoms with van der Waals surface area (Å²) in [6.07, 6.45) is 4.63. The van der Waals surface area contributed by atoms with E-state index in [1.807, 2.05) is 25.1 Å². The van der Waals surface area contributed by atoms with Crippen molar-refractivity contribution in [1.82, 2.24) is 10.2 Å². The highest BCUT2D eigenvalue weighted by Gasteiger charge is 2.31. The highest BCUT2D eigenvalue weighted by molar-refractivity contribution is 9.10. The first-order valence-electron chi connectivity index (χ1n) is 12.0. The largest absolute Gasteiger partial charge is 0.483 e. The Morgan fingerprint density at radius 3 is 2.41 bits per heavy atom. The smallest absolute Gasteiger partial charge is 0.261 e. The van der Waals surface area contributed by atoms with Crippen LogP contribution in [0.3, 0.4) is 0 Å². The van der Waals surface area contributed by atoms with E-state index in [2.05, 4.69) is 35.1 Å². The number of nitrogens with zero attached hydrogens (tertiary/aromatic N) is 1. The zero-order valence-electron chi connectivity index (χ0n) is 20.2. The number of hydrogen-bond acceptors (Lipinski definition) is 3. The minimum Gasteiger partial charge on any atom is -0.483 e. The summed E-state index contributed by atoms with van der Waals surface area (Å²) >= 11 is 3.53. The standard InChI is InChI=1S/C27H34BrFN2O3/c1-4-24(27(33)30-22-7-5-6-8-22)31(16-19-9-12-21(29)13-10-19)26(32)17-34-25-14-11-20(18(2)3)15-23(25)28/h9-15,18,22,24H,4-8,16-17H2,1-3H3,(H,30,33). The maximum atomic E-state index is 13.4. The molecular weight excluding hydrogens is 499 g/mol. The zero-order chi connectivity index (χ0) is 24.7. The van der Waals surface area contributed by atoms with Crippen molar-refractivity contribution in [2.45, 2.75) is 77.4 Å². The lowest BCUT2D eigenvalue weighted by Gasteiger charge is -2.31. The Morgan fingerprint density at radius 2 is 1.82 bits per heavy atom. The molecule has 0 spiro atoms. The second-order valence-electron chi connectivity index (χ2n) is 9.20. The lowest BCUT2D eigenvalue weighted by Crippen LogP contribution is -2.52. The van der Waals surface area contributed by atoms with E-state index >= 15 is 0 Å². The van der Waals surface area contributed by atoms with Gasteiger partial charge in [0.2, 0.25) is 5.91 Å².